The zero-order valence-corrected chi connectivity index (χ0v) is 10.8. The summed E-state index contributed by atoms with van der Waals surface area (Å²) in [5.74, 6) is 1.42. The van der Waals surface area contributed by atoms with Gasteiger partial charge in [0.1, 0.15) is 11.6 Å². The Balaban J connectivity index is 2.00. The minimum absolute atomic E-state index is 0.392. The molecule has 0 aliphatic rings. The average Bonchev–Trinajstić information content (AvgIpc) is 2.30. The third kappa shape index (κ3) is 3.51. The first-order chi connectivity index (χ1) is 9.04. The van der Waals surface area contributed by atoms with Crippen LogP contribution in [0.3, 0.4) is 0 Å². The van der Waals surface area contributed by atoms with Crippen LogP contribution in [0.15, 0.2) is 27.9 Å². The van der Waals surface area contributed by atoms with Crippen LogP contribution in [-0.2, 0) is 6.54 Å². The molecule has 0 saturated heterocycles. The fourth-order valence-corrected chi connectivity index (χ4v) is 1.73. The Kier molecular flexibility index (Phi) is 3.74. The Hall–Kier alpha value is -2.44. The fraction of sp³-hybridized carbons (Fsp3) is 0.333. The van der Waals surface area contributed by atoms with Crippen molar-refractivity contribution in [2.24, 2.45) is 0 Å². The lowest BCUT2D eigenvalue weighted by molar-refractivity contribution is 0.668. The highest BCUT2D eigenvalue weighted by molar-refractivity contribution is 5.35. The maximum atomic E-state index is 11.4. The number of nitrogens with zero attached hydrogens (tertiary/aromatic N) is 3. The van der Waals surface area contributed by atoms with Gasteiger partial charge >= 0.3 is 5.69 Å². The number of H-pyrrole nitrogens is 1. The topological polar surface area (TPSA) is 92.7 Å². The number of nitrogens with one attached hydrogen (secondary N) is 2. The van der Waals surface area contributed by atoms with E-state index in [1.165, 1.54) is 16.8 Å². The molecule has 2 aromatic heterocycles. The molecule has 0 spiro atoms. The summed E-state index contributed by atoms with van der Waals surface area (Å²) < 4.78 is 1.43. The van der Waals surface area contributed by atoms with Crippen molar-refractivity contribution >= 4 is 5.82 Å². The smallest absolute Gasteiger partial charge is 0.328 e. The number of aromatic amines is 1. The molecule has 7 heteroatoms. The van der Waals surface area contributed by atoms with E-state index in [9.17, 15) is 9.59 Å². The second kappa shape index (κ2) is 5.47. The molecule has 7 nitrogen and oxygen atoms in total. The number of hydrogen-bond donors (Lipinski definition) is 2. The maximum Gasteiger partial charge on any atom is 0.328 e. The van der Waals surface area contributed by atoms with E-state index in [1.54, 1.807) is 0 Å². The normalized spacial score (nSPS) is 10.4. The predicted molar refractivity (Wildman–Crippen MR) is 71.3 cm³/mol. The molecule has 2 heterocycles. The van der Waals surface area contributed by atoms with Crippen molar-refractivity contribution in [3.8, 4) is 0 Å². The van der Waals surface area contributed by atoms with E-state index in [0.29, 0.717) is 18.9 Å². The summed E-state index contributed by atoms with van der Waals surface area (Å²) in [6, 6.07) is 3.16. The van der Waals surface area contributed by atoms with Crippen molar-refractivity contribution < 1.29 is 0 Å². The first kappa shape index (κ1) is 13.0. The molecule has 0 atom stereocenters. The fourth-order valence-electron chi connectivity index (χ4n) is 1.73. The first-order valence-corrected chi connectivity index (χ1v) is 5.90. The summed E-state index contributed by atoms with van der Waals surface area (Å²) >= 11 is 0. The molecule has 19 heavy (non-hydrogen) atoms. The van der Waals surface area contributed by atoms with Crippen LogP contribution >= 0.6 is 0 Å². The van der Waals surface area contributed by atoms with Gasteiger partial charge in [0.2, 0.25) is 0 Å². The number of anilines is 1. The molecule has 100 valence electrons. The summed E-state index contributed by atoms with van der Waals surface area (Å²) in [6.07, 6.45) is 1.47. The van der Waals surface area contributed by atoms with Gasteiger partial charge in [-0.25, -0.2) is 14.8 Å². The molecule has 0 saturated carbocycles. The summed E-state index contributed by atoms with van der Waals surface area (Å²) in [6.45, 7) is 4.69. The molecule has 0 aliphatic heterocycles. The van der Waals surface area contributed by atoms with Crippen LogP contribution < -0.4 is 16.6 Å². The molecule has 0 aromatic carbocycles. The van der Waals surface area contributed by atoms with Crippen LogP contribution in [0.5, 0.6) is 0 Å². The highest BCUT2D eigenvalue weighted by Gasteiger charge is 1.99. The van der Waals surface area contributed by atoms with Gasteiger partial charge in [0, 0.05) is 37.1 Å². The second-order valence-corrected chi connectivity index (χ2v) is 4.17. The Morgan fingerprint density at radius 2 is 2.11 bits per heavy atom. The number of aryl methyl sites for hydroxylation is 2. The van der Waals surface area contributed by atoms with Crippen molar-refractivity contribution in [3.63, 3.8) is 0 Å². The zero-order chi connectivity index (χ0) is 13.8. The van der Waals surface area contributed by atoms with Crippen LogP contribution in [0.25, 0.3) is 0 Å². The van der Waals surface area contributed by atoms with Gasteiger partial charge in [-0.2, -0.15) is 0 Å². The van der Waals surface area contributed by atoms with Gasteiger partial charge in [-0.1, -0.05) is 0 Å². The molecule has 0 radical (unpaired) electrons. The van der Waals surface area contributed by atoms with Crippen LogP contribution in [0.2, 0.25) is 0 Å². The molecule has 2 aromatic rings. The third-order valence-electron chi connectivity index (χ3n) is 2.52. The highest BCUT2D eigenvalue weighted by Crippen LogP contribution is 2.04. The number of hydrogen-bond acceptors (Lipinski definition) is 5. The van der Waals surface area contributed by atoms with Gasteiger partial charge < -0.3 is 5.32 Å². The van der Waals surface area contributed by atoms with Crippen LogP contribution in [0, 0.1) is 13.8 Å². The van der Waals surface area contributed by atoms with Crippen LogP contribution in [0.1, 0.15) is 11.5 Å². The van der Waals surface area contributed by atoms with Gasteiger partial charge in [0.25, 0.3) is 5.56 Å². The zero-order valence-electron chi connectivity index (χ0n) is 10.8. The Morgan fingerprint density at radius 1 is 1.32 bits per heavy atom. The van der Waals surface area contributed by atoms with E-state index in [1.807, 2.05) is 19.9 Å². The second-order valence-electron chi connectivity index (χ2n) is 4.17. The molecular formula is C12H15N5O2. The largest absolute Gasteiger partial charge is 0.368 e. The molecule has 2 rings (SSSR count). The monoisotopic (exact) mass is 261 g/mol. The summed E-state index contributed by atoms with van der Waals surface area (Å²) in [7, 11) is 0. The predicted octanol–water partition coefficient (Wildman–Crippen LogP) is 0.0555. The minimum atomic E-state index is -0.413. The Labute approximate surface area is 109 Å². The van der Waals surface area contributed by atoms with Gasteiger partial charge in [-0.15, -0.1) is 0 Å². The quantitative estimate of drug-likeness (QED) is 0.811. The van der Waals surface area contributed by atoms with E-state index in [0.717, 1.165) is 11.5 Å². The van der Waals surface area contributed by atoms with E-state index < -0.39 is 11.2 Å². The highest BCUT2D eigenvalue weighted by atomic mass is 16.2. The molecule has 0 fully saturated rings. The lowest BCUT2D eigenvalue weighted by Crippen LogP contribution is -2.30. The van der Waals surface area contributed by atoms with E-state index in [4.69, 9.17) is 0 Å². The van der Waals surface area contributed by atoms with Crippen molar-refractivity contribution in [1.82, 2.24) is 19.5 Å². The SMILES string of the molecule is Cc1cc(NCCn2ccc(=O)[nH]c2=O)nc(C)n1. The van der Waals surface area contributed by atoms with Crippen molar-refractivity contribution in [3.05, 3.63) is 50.7 Å². The summed E-state index contributed by atoms with van der Waals surface area (Å²) in [5, 5.41) is 3.11. The van der Waals surface area contributed by atoms with Crippen molar-refractivity contribution in [1.29, 1.82) is 0 Å². The molecule has 0 aliphatic carbocycles. The van der Waals surface area contributed by atoms with Crippen molar-refractivity contribution in [2.75, 3.05) is 11.9 Å². The molecular weight excluding hydrogens is 246 g/mol. The van der Waals surface area contributed by atoms with Gasteiger partial charge in [-0.05, 0) is 13.8 Å². The van der Waals surface area contributed by atoms with Crippen LogP contribution in [-0.4, -0.2) is 26.1 Å². The van der Waals surface area contributed by atoms with Crippen molar-refractivity contribution in [2.45, 2.75) is 20.4 Å². The maximum absolute atomic E-state index is 11.4. The minimum Gasteiger partial charge on any atom is -0.368 e. The number of rotatable bonds is 4. The van der Waals surface area contributed by atoms with E-state index in [-0.39, 0.29) is 0 Å². The summed E-state index contributed by atoms with van der Waals surface area (Å²) in [5.41, 5.74) is 0.0804. The summed E-state index contributed by atoms with van der Waals surface area (Å²) in [4.78, 5) is 33.0. The molecule has 0 unspecified atom stereocenters. The average molecular weight is 261 g/mol. The molecule has 0 bridgehead atoms. The lowest BCUT2D eigenvalue weighted by Gasteiger charge is -2.08. The first-order valence-electron chi connectivity index (χ1n) is 5.90. The van der Waals surface area contributed by atoms with Gasteiger partial charge in [-0.3, -0.25) is 14.3 Å². The Morgan fingerprint density at radius 3 is 2.79 bits per heavy atom. The van der Waals surface area contributed by atoms with Gasteiger partial charge in [0.05, 0.1) is 0 Å². The van der Waals surface area contributed by atoms with E-state index >= 15 is 0 Å². The van der Waals surface area contributed by atoms with E-state index in [2.05, 4.69) is 20.3 Å². The Bertz CT molecular complexity index is 669. The van der Waals surface area contributed by atoms with Crippen LogP contribution in [0.4, 0.5) is 5.82 Å². The standard InChI is InChI=1S/C12H15N5O2/c1-8-7-10(15-9(2)14-8)13-4-6-17-5-3-11(18)16-12(17)19/h3,5,7H,4,6H2,1-2H3,(H,13,14,15)(H,16,18,19). The molecule has 2 N–H and O–H groups in total. The number of aromatic nitrogens is 4. The van der Waals surface area contributed by atoms with Gasteiger partial charge in [0.15, 0.2) is 0 Å². The lowest BCUT2D eigenvalue weighted by atomic mass is 10.4. The third-order valence-corrected chi connectivity index (χ3v) is 2.52. The molecule has 0 amide bonds.